The number of hydrogen-bond donors (Lipinski definition) is 1. The fourth-order valence-corrected chi connectivity index (χ4v) is 4.02. The minimum absolute atomic E-state index is 0.0579. The normalized spacial score (nSPS) is 22.0. The Bertz CT molecular complexity index is 838. The van der Waals surface area contributed by atoms with Gasteiger partial charge in [0, 0.05) is 26.2 Å². The number of ether oxygens (including phenoxy) is 2. The molecule has 2 aliphatic heterocycles. The van der Waals surface area contributed by atoms with Crippen LogP contribution >= 0.6 is 0 Å². The number of carbonyl (C=O) groups is 1. The molecule has 0 spiro atoms. The van der Waals surface area contributed by atoms with Crippen LogP contribution in [0.25, 0.3) is 11.0 Å². The molecule has 1 aromatic carbocycles. The summed E-state index contributed by atoms with van der Waals surface area (Å²) in [5.74, 6) is 1.35. The highest BCUT2D eigenvalue weighted by Gasteiger charge is 2.29. The third-order valence-corrected chi connectivity index (χ3v) is 5.58. The Morgan fingerprint density at radius 1 is 1.24 bits per heavy atom. The van der Waals surface area contributed by atoms with Gasteiger partial charge in [0.25, 0.3) is 5.88 Å². The summed E-state index contributed by atoms with van der Waals surface area (Å²) in [6, 6.07) is 7.83. The topological polar surface area (TPSA) is 76.6 Å². The quantitative estimate of drug-likeness (QED) is 0.773. The Kier molecular flexibility index (Phi) is 6.44. The zero-order chi connectivity index (χ0) is 20.1. The minimum Gasteiger partial charge on any atom is -0.475 e. The van der Waals surface area contributed by atoms with Crippen molar-refractivity contribution >= 4 is 22.8 Å². The van der Waals surface area contributed by atoms with Crippen molar-refractivity contribution in [1.29, 1.82) is 0 Å². The number of amides is 1. The van der Waals surface area contributed by atoms with Gasteiger partial charge in [-0.05, 0) is 44.2 Å². The second-order valence-corrected chi connectivity index (χ2v) is 7.85. The summed E-state index contributed by atoms with van der Waals surface area (Å²) in [5.41, 5.74) is 1.67. The molecular formula is C22H30N4O3. The van der Waals surface area contributed by atoms with Crippen LogP contribution in [0.15, 0.2) is 24.3 Å². The molecule has 3 heterocycles. The summed E-state index contributed by atoms with van der Waals surface area (Å²) in [4.78, 5) is 24.4. The van der Waals surface area contributed by atoms with Crippen molar-refractivity contribution < 1.29 is 14.3 Å². The zero-order valence-corrected chi connectivity index (χ0v) is 17.1. The summed E-state index contributed by atoms with van der Waals surface area (Å²) in [7, 11) is 0. The molecule has 0 unspecified atom stereocenters. The maximum Gasteiger partial charge on any atom is 0.258 e. The molecule has 1 amide bonds. The lowest BCUT2D eigenvalue weighted by Gasteiger charge is -2.33. The highest BCUT2D eigenvalue weighted by molar-refractivity contribution is 5.80. The maximum atomic E-state index is 12.7. The van der Waals surface area contributed by atoms with Crippen molar-refractivity contribution in [2.75, 3.05) is 37.7 Å². The van der Waals surface area contributed by atoms with Crippen LogP contribution in [0.1, 0.15) is 39.0 Å². The van der Waals surface area contributed by atoms with E-state index in [4.69, 9.17) is 19.4 Å². The largest absolute Gasteiger partial charge is 0.475 e. The summed E-state index contributed by atoms with van der Waals surface area (Å²) < 4.78 is 11.5. The summed E-state index contributed by atoms with van der Waals surface area (Å²) in [6.07, 6.45) is 5.02. The van der Waals surface area contributed by atoms with Gasteiger partial charge in [0.15, 0.2) is 5.82 Å². The summed E-state index contributed by atoms with van der Waals surface area (Å²) >= 11 is 0. The number of piperidine rings is 1. The van der Waals surface area contributed by atoms with Crippen LogP contribution in [-0.4, -0.2) is 54.8 Å². The van der Waals surface area contributed by atoms with Crippen LogP contribution in [0.5, 0.6) is 5.88 Å². The second kappa shape index (κ2) is 9.39. The number of hydrogen-bond acceptors (Lipinski definition) is 6. The zero-order valence-electron chi connectivity index (χ0n) is 17.1. The average molecular weight is 399 g/mol. The third kappa shape index (κ3) is 4.78. The van der Waals surface area contributed by atoms with E-state index in [1.165, 1.54) is 0 Å². The molecule has 4 rings (SSSR count). The Morgan fingerprint density at radius 2 is 2.07 bits per heavy atom. The number of fused-ring (bicyclic) bond motifs is 1. The number of rotatable bonds is 7. The van der Waals surface area contributed by atoms with E-state index in [1.807, 2.05) is 24.3 Å². The monoisotopic (exact) mass is 398 g/mol. The van der Waals surface area contributed by atoms with E-state index >= 15 is 0 Å². The van der Waals surface area contributed by atoms with Gasteiger partial charge in [-0.1, -0.05) is 19.1 Å². The molecule has 7 heteroatoms. The van der Waals surface area contributed by atoms with Crippen LogP contribution < -0.4 is 15.0 Å². The van der Waals surface area contributed by atoms with Gasteiger partial charge < -0.3 is 19.7 Å². The smallest absolute Gasteiger partial charge is 0.258 e. The maximum absolute atomic E-state index is 12.7. The molecule has 2 aliphatic rings. The van der Waals surface area contributed by atoms with Crippen molar-refractivity contribution in [2.45, 2.75) is 45.1 Å². The van der Waals surface area contributed by atoms with Crippen molar-refractivity contribution in [1.82, 2.24) is 15.3 Å². The van der Waals surface area contributed by atoms with Crippen molar-refractivity contribution in [3.05, 3.63) is 24.3 Å². The van der Waals surface area contributed by atoms with E-state index in [-0.39, 0.29) is 17.9 Å². The Balaban J connectivity index is 1.49. The van der Waals surface area contributed by atoms with E-state index in [2.05, 4.69) is 17.1 Å². The molecule has 2 saturated heterocycles. The SMILES string of the molecule is CCCOc1nc2ccccc2nc1N1CCC[C@@H](C(=O)NC[C@@H]2CCCO2)C1. The van der Waals surface area contributed by atoms with Crippen molar-refractivity contribution in [3.8, 4) is 5.88 Å². The molecule has 29 heavy (non-hydrogen) atoms. The molecular weight excluding hydrogens is 368 g/mol. The molecule has 1 aromatic heterocycles. The first kappa shape index (κ1) is 19.9. The fraction of sp³-hybridized carbons (Fsp3) is 0.591. The molecule has 2 atom stereocenters. The first-order valence-corrected chi connectivity index (χ1v) is 10.8. The molecule has 0 radical (unpaired) electrons. The van der Waals surface area contributed by atoms with Gasteiger partial charge in [-0.15, -0.1) is 0 Å². The van der Waals surface area contributed by atoms with E-state index in [9.17, 15) is 4.79 Å². The second-order valence-electron chi connectivity index (χ2n) is 7.85. The third-order valence-electron chi connectivity index (χ3n) is 5.58. The first-order valence-electron chi connectivity index (χ1n) is 10.8. The Labute approximate surface area is 171 Å². The molecule has 2 fully saturated rings. The molecule has 2 aromatic rings. The van der Waals surface area contributed by atoms with Crippen molar-refractivity contribution in [3.63, 3.8) is 0 Å². The predicted molar refractivity (Wildman–Crippen MR) is 112 cm³/mol. The van der Waals surface area contributed by atoms with Gasteiger partial charge in [0.05, 0.1) is 29.7 Å². The lowest BCUT2D eigenvalue weighted by Crippen LogP contribution is -2.45. The summed E-state index contributed by atoms with van der Waals surface area (Å²) in [6.45, 7) is 5.56. The summed E-state index contributed by atoms with van der Waals surface area (Å²) in [5, 5.41) is 3.09. The van der Waals surface area contributed by atoms with Crippen LogP contribution in [0.4, 0.5) is 5.82 Å². The first-order chi connectivity index (χ1) is 14.2. The molecule has 0 aliphatic carbocycles. The van der Waals surface area contributed by atoms with Gasteiger partial charge in [-0.2, -0.15) is 0 Å². The number of anilines is 1. The van der Waals surface area contributed by atoms with Crippen LogP contribution in [-0.2, 0) is 9.53 Å². The van der Waals surface area contributed by atoms with Gasteiger partial charge in [-0.25, -0.2) is 9.97 Å². The van der Waals surface area contributed by atoms with E-state index in [1.54, 1.807) is 0 Å². The van der Waals surface area contributed by atoms with Crippen LogP contribution in [0, 0.1) is 5.92 Å². The minimum atomic E-state index is -0.0579. The van der Waals surface area contributed by atoms with Crippen LogP contribution in [0.2, 0.25) is 0 Å². The fourth-order valence-electron chi connectivity index (χ4n) is 4.02. The lowest BCUT2D eigenvalue weighted by atomic mass is 9.97. The number of benzene rings is 1. The Hall–Kier alpha value is -2.41. The molecule has 0 bridgehead atoms. The number of nitrogens with one attached hydrogen (secondary N) is 1. The van der Waals surface area contributed by atoms with Crippen LogP contribution in [0.3, 0.4) is 0 Å². The van der Waals surface area contributed by atoms with Gasteiger partial charge >= 0.3 is 0 Å². The van der Waals surface area contributed by atoms with E-state index < -0.39 is 0 Å². The number of nitrogens with zero attached hydrogens (tertiary/aromatic N) is 3. The highest BCUT2D eigenvalue weighted by Crippen LogP contribution is 2.31. The number of carbonyl (C=O) groups excluding carboxylic acids is 1. The molecule has 7 nitrogen and oxygen atoms in total. The average Bonchev–Trinajstić information content (AvgIpc) is 3.29. The molecule has 1 N–H and O–H groups in total. The standard InChI is InChI=1S/C22H30N4O3/c1-2-12-29-22-20(24-18-9-3-4-10-19(18)25-22)26-11-5-7-16(15-26)21(27)23-14-17-8-6-13-28-17/h3-4,9-10,16-17H,2,5-8,11-15H2,1H3,(H,23,27)/t16-,17+/m1/s1. The van der Waals surface area contributed by atoms with Crippen molar-refractivity contribution in [2.24, 2.45) is 5.92 Å². The predicted octanol–water partition coefficient (Wildman–Crippen LogP) is 2.93. The number of aromatic nitrogens is 2. The van der Waals surface area contributed by atoms with Gasteiger partial charge in [0.1, 0.15) is 0 Å². The van der Waals surface area contributed by atoms with E-state index in [0.717, 1.165) is 62.1 Å². The lowest BCUT2D eigenvalue weighted by molar-refractivity contribution is -0.125. The number of para-hydroxylation sites is 2. The van der Waals surface area contributed by atoms with Gasteiger partial charge in [-0.3, -0.25) is 4.79 Å². The highest BCUT2D eigenvalue weighted by atomic mass is 16.5. The molecule has 0 saturated carbocycles. The Morgan fingerprint density at radius 3 is 2.83 bits per heavy atom. The molecule has 156 valence electrons. The van der Waals surface area contributed by atoms with Gasteiger partial charge in [0.2, 0.25) is 5.91 Å². The van der Waals surface area contributed by atoms with E-state index in [0.29, 0.717) is 25.6 Å².